The monoisotopic (exact) mass is 256 g/mol. The van der Waals surface area contributed by atoms with Gasteiger partial charge in [0.2, 0.25) is 0 Å². The van der Waals surface area contributed by atoms with Crippen molar-refractivity contribution in [2.45, 2.75) is 6.42 Å². The molecule has 1 rings (SSSR count). The number of carbonyl (C=O) groups is 1. The predicted octanol–water partition coefficient (Wildman–Crippen LogP) is 0.736. The zero-order valence-electron chi connectivity index (χ0n) is 8.90. The molecule has 0 aliphatic heterocycles. The molecule has 9 heteroatoms. The van der Waals surface area contributed by atoms with Crippen molar-refractivity contribution in [2.24, 2.45) is 0 Å². The van der Waals surface area contributed by atoms with Crippen LogP contribution in [-0.4, -0.2) is 32.6 Å². The molecule has 0 spiro atoms. The largest absolute Gasteiger partial charge is 0.477 e. The Morgan fingerprint density at radius 1 is 1.22 bits per heavy atom. The van der Waals surface area contributed by atoms with E-state index in [0.29, 0.717) is 0 Å². The Labute approximate surface area is 99.6 Å². The van der Waals surface area contributed by atoms with Gasteiger partial charge in [-0.15, -0.1) is 0 Å². The highest BCUT2D eigenvalue weighted by molar-refractivity contribution is 5.94. The molecule has 18 heavy (non-hydrogen) atoms. The first-order chi connectivity index (χ1) is 8.38. The molecular weight excluding hydrogens is 248 g/mol. The molecule has 0 saturated carbocycles. The molecule has 9 nitrogen and oxygen atoms in total. The summed E-state index contributed by atoms with van der Waals surface area (Å²) in [5.74, 6) is -1.63. The highest BCUT2D eigenvalue weighted by Crippen LogP contribution is 2.32. The van der Waals surface area contributed by atoms with Gasteiger partial charge in [-0.1, -0.05) is 0 Å². The summed E-state index contributed by atoms with van der Waals surface area (Å²) in [5.41, 5.74) is -2.58. The molecule has 0 aliphatic carbocycles. The van der Waals surface area contributed by atoms with E-state index in [2.05, 4.69) is 0 Å². The molecule has 0 radical (unpaired) electrons. The SMILES string of the molecule is O=C(O)c1cc(CCO)cc([N+](=O)[O-])c1[N+](=O)[O-]. The molecule has 0 aliphatic rings. The second-order valence-corrected chi connectivity index (χ2v) is 3.30. The van der Waals surface area contributed by atoms with Gasteiger partial charge in [-0.05, 0) is 18.1 Å². The molecule has 0 bridgehead atoms. The minimum atomic E-state index is -1.63. The number of aromatic carboxylic acids is 1. The van der Waals surface area contributed by atoms with Gasteiger partial charge in [-0.25, -0.2) is 4.79 Å². The molecule has 0 saturated heterocycles. The molecule has 2 N–H and O–H groups in total. The zero-order valence-corrected chi connectivity index (χ0v) is 8.90. The minimum absolute atomic E-state index is 0.0287. The summed E-state index contributed by atoms with van der Waals surface area (Å²) in [7, 11) is 0. The molecule has 0 amide bonds. The van der Waals surface area contributed by atoms with E-state index in [1.807, 2.05) is 0 Å². The lowest BCUT2D eigenvalue weighted by Crippen LogP contribution is -2.08. The number of carboxylic acid groups (broad SMARTS) is 1. The smallest absolute Gasteiger partial charge is 0.360 e. The van der Waals surface area contributed by atoms with Crippen LogP contribution < -0.4 is 0 Å². The van der Waals surface area contributed by atoms with Gasteiger partial charge in [0.25, 0.3) is 0 Å². The first-order valence-electron chi connectivity index (χ1n) is 4.68. The summed E-state index contributed by atoms with van der Waals surface area (Å²) < 4.78 is 0. The standard InChI is InChI=1S/C9H8N2O7/c12-2-1-5-3-6(9(13)14)8(11(17)18)7(4-5)10(15)16/h3-4,12H,1-2H2,(H,13,14). The van der Waals surface area contributed by atoms with E-state index in [-0.39, 0.29) is 18.6 Å². The topological polar surface area (TPSA) is 144 Å². The Bertz CT molecular complexity index is 491. The van der Waals surface area contributed by atoms with Gasteiger partial charge >= 0.3 is 17.3 Å². The van der Waals surface area contributed by atoms with Gasteiger partial charge in [0.15, 0.2) is 0 Å². The van der Waals surface area contributed by atoms with Crippen molar-refractivity contribution in [1.82, 2.24) is 0 Å². The average Bonchev–Trinajstić information content (AvgIpc) is 2.27. The van der Waals surface area contributed by atoms with E-state index in [0.717, 1.165) is 12.1 Å². The molecule has 0 fully saturated rings. The van der Waals surface area contributed by atoms with Crippen LogP contribution in [0.1, 0.15) is 15.9 Å². The maximum Gasteiger partial charge on any atom is 0.360 e. The normalized spacial score (nSPS) is 10.1. The second kappa shape index (κ2) is 5.19. The Morgan fingerprint density at radius 3 is 2.22 bits per heavy atom. The number of rotatable bonds is 5. The lowest BCUT2D eigenvalue weighted by Gasteiger charge is -2.03. The molecular formula is C9H8N2O7. The first kappa shape index (κ1) is 13.5. The number of benzene rings is 1. The van der Waals surface area contributed by atoms with E-state index in [4.69, 9.17) is 10.2 Å². The van der Waals surface area contributed by atoms with Crippen LogP contribution >= 0.6 is 0 Å². The fraction of sp³-hybridized carbons (Fsp3) is 0.222. The molecule has 0 aromatic heterocycles. The van der Waals surface area contributed by atoms with Crippen LogP contribution in [0, 0.1) is 20.2 Å². The quantitative estimate of drug-likeness (QED) is 0.583. The van der Waals surface area contributed by atoms with Gasteiger partial charge in [-0.2, -0.15) is 0 Å². The number of nitrogens with zero attached hydrogens (tertiary/aromatic N) is 2. The fourth-order valence-electron chi connectivity index (χ4n) is 1.44. The Morgan fingerprint density at radius 2 is 1.83 bits per heavy atom. The third kappa shape index (κ3) is 2.58. The third-order valence-electron chi connectivity index (χ3n) is 2.16. The van der Waals surface area contributed by atoms with Crippen LogP contribution in [0.25, 0.3) is 0 Å². The highest BCUT2D eigenvalue weighted by Gasteiger charge is 2.32. The van der Waals surface area contributed by atoms with Crippen LogP contribution in [0.15, 0.2) is 12.1 Å². The van der Waals surface area contributed by atoms with Crippen LogP contribution in [0.5, 0.6) is 0 Å². The number of aliphatic hydroxyl groups excluding tert-OH is 1. The molecule has 96 valence electrons. The van der Waals surface area contributed by atoms with Gasteiger partial charge in [0.05, 0.1) is 9.85 Å². The maximum absolute atomic E-state index is 10.9. The van der Waals surface area contributed by atoms with Crippen molar-refractivity contribution in [2.75, 3.05) is 6.61 Å². The van der Waals surface area contributed by atoms with Gasteiger partial charge in [-0.3, -0.25) is 20.2 Å². The predicted molar refractivity (Wildman–Crippen MR) is 57.5 cm³/mol. The number of nitro benzene ring substituents is 2. The first-order valence-corrected chi connectivity index (χ1v) is 4.68. The van der Waals surface area contributed by atoms with Gasteiger partial charge < -0.3 is 10.2 Å². The molecule has 1 aromatic rings. The molecule has 0 unspecified atom stereocenters. The van der Waals surface area contributed by atoms with E-state index in [1.54, 1.807) is 0 Å². The zero-order chi connectivity index (χ0) is 13.9. The van der Waals surface area contributed by atoms with Crippen molar-refractivity contribution < 1.29 is 24.9 Å². The number of hydrogen-bond donors (Lipinski definition) is 2. The number of aliphatic hydroxyl groups is 1. The fourth-order valence-corrected chi connectivity index (χ4v) is 1.44. The van der Waals surface area contributed by atoms with Crippen LogP contribution in [0.3, 0.4) is 0 Å². The van der Waals surface area contributed by atoms with E-state index < -0.39 is 32.8 Å². The summed E-state index contributed by atoms with van der Waals surface area (Å²) in [6.45, 7) is -0.353. The average molecular weight is 256 g/mol. The minimum Gasteiger partial charge on any atom is -0.477 e. The van der Waals surface area contributed by atoms with Crippen LogP contribution in [-0.2, 0) is 6.42 Å². The van der Waals surface area contributed by atoms with Crippen molar-refractivity contribution in [3.63, 3.8) is 0 Å². The maximum atomic E-state index is 10.9. The summed E-state index contributed by atoms with van der Waals surface area (Å²) >= 11 is 0. The highest BCUT2D eigenvalue weighted by atomic mass is 16.6. The van der Waals surface area contributed by atoms with Crippen molar-refractivity contribution >= 4 is 17.3 Å². The van der Waals surface area contributed by atoms with Crippen molar-refractivity contribution in [3.8, 4) is 0 Å². The van der Waals surface area contributed by atoms with E-state index in [9.17, 15) is 25.0 Å². The molecule has 0 heterocycles. The van der Waals surface area contributed by atoms with Gasteiger partial charge in [0.1, 0.15) is 5.56 Å². The Balaban J connectivity index is 3.60. The molecule has 1 aromatic carbocycles. The summed E-state index contributed by atoms with van der Waals surface area (Å²) in [5, 5.41) is 38.9. The summed E-state index contributed by atoms with van der Waals surface area (Å²) in [6.07, 6.45) is -0.0287. The lowest BCUT2D eigenvalue weighted by molar-refractivity contribution is -0.422. The number of carboxylic acids is 1. The Hall–Kier alpha value is -2.55. The number of nitro groups is 2. The van der Waals surface area contributed by atoms with Gasteiger partial charge in [0, 0.05) is 12.7 Å². The molecule has 0 atom stereocenters. The third-order valence-corrected chi connectivity index (χ3v) is 2.16. The summed E-state index contributed by atoms with van der Waals surface area (Å²) in [6, 6.07) is 1.84. The van der Waals surface area contributed by atoms with Crippen LogP contribution in [0.4, 0.5) is 11.4 Å². The summed E-state index contributed by atoms with van der Waals surface area (Å²) in [4.78, 5) is 30.2. The lowest BCUT2D eigenvalue weighted by atomic mass is 10.0. The van der Waals surface area contributed by atoms with E-state index >= 15 is 0 Å². The Kier molecular flexibility index (Phi) is 3.89. The number of hydrogen-bond acceptors (Lipinski definition) is 6. The van der Waals surface area contributed by atoms with Crippen LogP contribution in [0.2, 0.25) is 0 Å². The van der Waals surface area contributed by atoms with E-state index in [1.165, 1.54) is 0 Å². The van der Waals surface area contributed by atoms with Crippen molar-refractivity contribution in [3.05, 3.63) is 43.5 Å². The second-order valence-electron chi connectivity index (χ2n) is 3.30. The van der Waals surface area contributed by atoms with Crippen molar-refractivity contribution in [1.29, 1.82) is 0 Å².